The fourth-order valence-corrected chi connectivity index (χ4v) is 2.00. The number of hydrogen-bond acceptors (Lipinski definition) is 6. The zero-order chi connectivity index (χ0) is 23.6. The van der Waals surface area contributed by atoms with Crippen LogP contribution in [-0.2, 0) is 35.8 Å². The SMILES string of the molecule is CC(=O)Oc1ccc(O)cc1.CC(=O)Oc1ccc(O)cc1.[Zr+2].c1cc[cH-]c1.c1cc[cH-]c1. The van der Waals surface area contributed by atoms with E-state index in [0.29, 0.717) is 11.5 Å². The van der Waals surface area contributed by atoms with Gasteiger partial charge >= 0.3 is 38.1 Å². The minimum Gasteiger partial charge on any atom is -0.508 e. The number of phenolic OH excluding ortho intramolecular Hbond substituents is 2. The maximum atomic E-state index is 10.4. The molecule has 0 heterocycles. The average Bonchev–Trinajstić information content (AvgIpc) is 3.50. The molecule has 0 aliphatic carbocycles. The Balaban J connectivity index is 0.000000434. The summed E-state index contributed by atoms with van der Waals surface area (Å²) >= 11 is 0. The molecule has 0 bridgehead atoms. The molecule has 0 aliphatic heterocycles. The Bertz CT molecular complexity index is 858. The zero-order valence-electron chi connectivity index (χ0n) is 18.4. The second-order valence-corrected chi connectivity index (χ2v) is 6.10. The maximum Gasteiger partial charge on any atom is 2.00 e. The van der Waals surface area contributed by atoms with Crippen molar-refractivity contribution in [3.8, 4) is 23.0 Å². The molecule has 0 aliphatic rings. The van der Waals surface area contributed by atoms with E-state index in [1.54, 1.807) is 0 Å². The zero-order valence-corrected chi connectivity index (χ0v) is 20.9. The molecule has 0 amide bonds. The Kier molecular flexibility index (Phi) is 16.3. The van der Waals surface area contributed by atoms with Crippen molar-refractivity contribution in [3.05, 3.63) is 109 Å². The molecule has 0 fully saturated rings. The number of rotatable bonds is 2. The molecular weight excluding hydrogens is 500 g/mol. The van der Waals surface area contributed by atoms with E-state index < -0.39 is 0 Å². The first kappa shape index (κ1) is 29.6. The Morgan fingerprint density at radius 3 is 1.06 bits per heavy atom. The molecule has 33 heavy (non-hydrogen) atoms. The van der Waals surface area contributed by atoms with Gasteiger partial charge in [0.2, 0.25) is 0 Å². The summed E-state index contributed by atoms with van der Waals surface area (Å²) < 4.78 is 9.44. The first-order valence-electron chi connectivity index (χ1n) is 9.65. The van der Waals surface area contributed by atoms with Gasteiger partial charge in [-0.3, -0.25) is 9.59 Å². The van der Waals surface area contributed by atoms with E-state index in [-0.39, 0.29) is 49.6 Å². The Morgan fingerprint density at radius 1 is 0.606 bits per heavy atom. The van der Waals surface area contributed by atoms with Crippen LogP contribution in [-0.4, -0.2) is 22.2 Å². The van der Waals surface area contributed by atoms with E-state index >= 15 is 0 Å². The molecule has 0 saturated heterocycles. The Labute approximate surface area is 212 Å². The molecule has 4 rings (SSSR count). The fourth-order valence-electron chi connectivity index (χ4n) is 2.00. The van der Waals surface area contributed by atoms with Crippen LogP contribution in [0.2, 0.25) is 0 Å². The van der Waals surface area contributed by atoms with E-state index in [0.717, 1.165) is 0 Å². The summed E-state index contributed by atoms with van der Waals surface area (Å²) in [7, 11) is 0. The average molecular weight is 526 g/mol. The second kappa shape index (κ2) is 18.2. The number of carbonyl (C=O) groups is 2. The van der Waals surface area contributed by atoms with Gasteiger partial charge in [-0.1, -0.05) is 0 Å². The molecule has 0 radical (unpaired) electrons. The third-order valence-electron chi connectivity index (χ3n) is 3.31. The van der Waals surface area contributed by atoms with Gasteiger partial charge in [0, 0.05) is 13.8 Å². The number of ether oxygens (including phenoxy) is 2. The summed E-state index contributed by atoms with van der Waals surface area (Å²) in [5.41, 5.74) is 0. The Morgan fingerprint density at radius 2 is 0.879 bits per heavy atom. The molecule has 0 atom stereocenters. The number of hydrogen-bond donors (Lipinski definition) is 2. The second-order valence-electron chi connectivity index (χ2n) is 6.10. The maximum absolute atomic E-state index is 10.4. The van der Waals surface area contributed by atoms with Gasteiger partial charge in [0.1, 0.15) is 23.0 Å². The topological polar surface area (TPSA) is 93.1 Å². The summed E-state index contributed by atoms with van der Waals surface area (Å²) in [5.74, 6) is 0.457. The van der Waals surface area contributed by atoms with Crippen LogP contribution in [0.15, 0.2) is 109 Å². The predicted octanol–water partition coefficient (Wildman–Crippen LogP) is 5.44. The third-order valence-corrected chi connectivity index (χ3v) is 3.31. The van der Waals surface area contributed by atoms with Crippen molar-refractivity contribution in [2.24, 2.45) is 0 Å². The molecule has 2 N–H and O–H groups in total. The summed E-state index contributed by atoms with van der Waals surface area (Å²) in [6, 6.07) is 31.9. The van der Waals surface area contributed by atoms with Crippen molar-refractivity contribution in [2.75, 3.05) is 0 Å². The van der Waals surface area contributed by atoms with Gasteiger partial charge in [0.05, 0.1) is 0 Å². The van der Waals surface area contributed by atoms with Crippen LogP contribution in [0.3, 0.4) is 0 Å². The van der Waals surface area contributed by atoms with Crippen LogP contribution < -0.4 is 9.47 Å². The van der Waals surface area contributed by atoms with Crippen LogP contribution in [0.1, 0.15) is 13.8 Å². The smallest absolute Gasteiger partial charge is 0.508 e. The van der Waals surface area contributed by atoms with Crippen LogP contribution in [0.5, 0.6) is 23.0 Å². The van der Waals surface area contributed by atoms with Gasteiger partial charge in [-0.05, 0) is 48.5 Å². The number of phenols is 2. The van der Waals surface area contributed by atoms with Gasteiger partial charge in [-0.2, -0.15) is 36.4 Å². The van der Waals surface area contributed by atoms with Crippen molar-refractivity contribution >= 4 is 11.9 Å². The number of benzene rings is 2. The standard InChI is InChI=1S/2C8H8O3.2C5H5.Zr/c2*1-6(9)11-8-4-2-7(10)3-5-8;2*1-2-4-5-3-1;/h2*2-5,10H,1H3;2*1-5H;/q;;2*-1;+2. The van der Waals surface area contributed by atoms with E-state index in [9.17, 15) is 9.59 Å². The quantitative estimate of drug-likeness (QED) is 0.206. The molecule has 0 spiro atoms. The molecule has 7 heteroatoms. The molecule has 6 nitrogen and oxygen atoms in total. The number of esters is 2. The number of aromatic hydroxyl groups is 2. The first-order chi connectivity index (χ1) is 15.4. The van der Waals surface area contributed by atoms with Crippen molar-refractivity contribution in [2.45, 2.75) is 13.8 Å². The van der Waals surface area contributed by atoms with E-state index in [2.05, 4.69) is 0 Å². The first-order valence-corrected chi connectivity index (χ1v) is 9.65. The molecule has 0 aromatic heterocycles. The van der Waals surface area contributed by atoms with Crippen molar-refractivity contribution < 1.29 is 55.5 Å². The summed E-state index contributed by atoms with van der Waals surface area (Å²) in [6.45, 7) is 2.65. The molecular formula is C26H26O6Zr. The van der Waals surface area contributed by atoms with Crippen LogP contribution in [0.25, 0.3) is 0 Å². The minimum absolute atomic E-state index is 0. The van der Waals surface area contributed by atoms with Gasteiger partial charge in [0.15, 0.2) is 0 Å². The van der Waals surface area contributed by atoms with Gasteiger partial charge in [-0.15, -0.1) is 0 Å². The van der Waals surface area contributed by atoms with E-state index in [1.165, 1.54) is 62.4 Å². The summed E-state index contributed by atoms with van der Waals surface area (Å²) in [4.78, 5) is 20.8. The third kappa shape index (κ3) is 16.9. The van der Waals surface area contributed by atoms with Crippen molar-refractivity contribution in [3.63, 3.8) is 0 Å². The predicted molar refractivity (Wildman–Crippen MR) is 123 cm³/mol. The van der Waals surface area contributed by atoms with Gasteiger partial charge in [0.25, 0.3) is 0 Å². The van der Waals surface area contributed by atoms with Crippen LogP contribution >= 0.6 is 0 Å². The number of carbonyl (C=O) groups excluding carboxylic acids is 2. The van der Waals surface area contributed by atoms with Gasteiger partial charge in [-0.25, -0.2) is 24.3 Å². The molecule has 4 aromatic carbocycles. The molecule has 0 unspecified atom stereocenters. The van der Waals surface area contributed by atoms with Crippen LogP contribution in [0.4, 0.5) is 0 Å². The van der Waals surface area contributed by atoms with Crippen molar-refractivity contribution in [1.29, 1.82) is 0 Å². The largest absolute Gasteiger partial charge is 2.00 e. The Hall–Kier alpha value is -3.44. The van der Waals surface area contributed by atoms with Crippen molar-refractivity contribution in [1.82, 2.24) is 0 Å². The van der Waals surface area contributed by atoms with Crippen LogP contribution in [0, 0.1) is 0 Å². The van der Waals surface area contributed by atoms with Gasteiger partial charge < -0.3 is 19.7 Å². The van der Waals surface area contributed by atoms with E-state index in [4.69, 9.17) is 19.7 Å². The summed E-state index contributed by atoms with van der Waals surface area (Å²) in [5, 5.41) is 17.7. The fraction of sp³-hybridized carbons (Fsp3) is 0.0769. The molecule has 4 aromatic rings. The normalized spacial score (nSPS) is 8.55. The minimum atomic E-state index is -0.365. The van der Waals surface area contributed by atoms with E-state index in [1.807, 2.05) is 60.7 Å². The monoisotopic (exact) mass is 524 g/mol. The molecule has 170 valence electrons. The molecule has 0 saturated carbocycles. The summed E-state index contributed by atoms with van der Waals surface area (Å²) in [6.07, 6.45) is 0.